The van der Waals surface area contributed by atoms with Crippen molar-refractivity contribution < 1.29 is 9.59 Å². The summed E-state index contributed by atoms with van der Waals surface area (Å²) in [6.45, 7) is 1.54. The Labute approximate surface area is 138 Å². The van der Waals surface area contributed by atoms with Crippen LogP contribution in [0.1, 0.15) is 31.4 Å². The third-order valence-corrected chi connectivity index (χ3v) is 4.76. The molecule has 0 atom stereocenters. The van der Waals surface area contributed by atoms with Crippen LogP contribution in [0.15, 0.2) is 17.8 Å². The molecule has 0 bridgehead atoms. The quantitative estimate of drug-likeness (QED) is 0.670. The molecule has 3 amide bonds. The monoisotopic (exact) mass is 335 g/mol. The van der Waals surface area contributed by atoms with E-state index in [4.69, 9.17) is 0 Å². The first-order valence-electron chi connectivity index (χ1n) is 7.93. The summed E-state index contributed by atoms with van der Waals surface area (Å²) < 4.78 is 1.93. The van der Waals surface area contributed by atoms with Gasteiger partial charge in [0.05, 0.1) is 12.2 Å². The predicted octanol–water partition coefficient (Wildman–Crippen LogP) is 1.50. The molecule has 3 rings (SSSR count). The van der Waals surface area contributed by atoms with E-state index in [1.807, 2.05) is 22.2 Å². The Morgan fingerprint density at radius 1 is 1.26 bits per heavy atom. The van der Waals surface area contributed by atoms with Crippen LogP contribution in [0, 0.1) is 5.92 Å². The Balaban J connectivity index is 1.26. The highest BCUT2D eigenvalue weighted by Gasteiger charge is 2.24. The number of fused-ring (bicyclic) bond motifs is 1. The van der Waals surface area contributed by atoms with Crippen LogP contribution in [-0.4, -0.2) is 34.4 Å². The third kappa shape index (κ3) is 4.22. The molecule has 0 radical (unpaired) electrons. The second-order valence-electron chi connectivity index (χ2n) is 5.71. The molecule has 0 spiro atoms. The summed E-state index contributed by atoms with van der Waals surface area (Å²) in [4.78, 5) is 28.6. The van der Waals surface area contributed by atoms with Crippen molar-refractivity contribution in [1.29, 1.82) is 0 Å². The number of hydrogen-bond acceptors (Lipinski definition) is 4. The summed E-state index contributed by atoms with van der Waals surface area (Å²) in [6, 6.07) is -0.216. The van der Waals surface area contributed by atoms with Gasteiger partial charge >= 0.3 is 6.03 Å². The van der Waals surface area contributed by atoms with E-state index >= 15 is 0 Å². The zero-order chi connectivity index (χ0) is 16.1. The van der Waals surface area contributed by atoms with E-state index in [0.717, 1.165) is 36.3 Å². The number of nitrogens with one attached hydrogen (secondary N) is 3. The molecule has 2 aromatic rings. The van der Waals surface area contributed by atoms with Crippen molar-refractivity contribution in [2.24, 2.45) is 5.92 Å². The number of carbonyl (C=O) groups is 2. The van der Waals surface area contributed by atoms with Crippen LogP contribution in [0.25, 0.3) is 4.96 Å². The predicted molar refractivity (Wildman–Crippen MR) is 88.3 cm³/mol. The van der Waals surface area contributed by atoms with Gasteiger partial charge in [0.1, 0.15) is 0 Å². The molecule has 1 fully saturated rings. The van der Waals surface area contributed by atoms with Gasteiger partial charge < -0.3 is 16.0 Å². The number of aromatic nitrogens is 2. The topological polar surface area (TPSA) is 87.5 Å². The number of thiazole rings is 1. The van der Waals surface area contributed by atoms with E-state index in [1.54, 1.807) is 11.3 Å². The summed E-state index contributed by atoms with van der Waals surface area (Å²) >= 11 is 1.56. The molecular formula is C15H21N5O2S. The molecule has 124 valence electrons. The highest BCUT2D eigenvalue weighted by atomic mass is 32.1. The summed E-state index contributed by atoms with van der Waals surface area (Å²) in [5.74, 6) is 0.372. The van der Waals surface area contributed by atoms with Gasteiger partial charge in [0, 0.05) is 36.8 Å². The first kappa shape index (κ1) is 15.8. The molecular weight excluding hydrogens is 314 g/mol. The fourth-order valence-corrected chi connectivity index (χ4v) is 3.13. The Kier molecular flexibility index (Phi) is 5.12. The Morgan fingerprint density at radius 2 is 2.09 bits per heavy atom. The first-order valence-corrected chi connectivity index (χ1v) is 8.81. The Bertz CT molecular complexity index is 648. The molecule has 3 N–H and O–H groups in total. The van der Waals surface area contributed by atoms with Crippen molar-refractivity contribution in [2.75, 3.05) is 13.1 Å². The van der Waals surface area contributed by atoms with Gasteiger partial charge in [-0.15, -0.1) is 11.3 Å². The Hall–Kier alpha value is -2.09. The highest BCUT2D eigenvalue weighted by Crippen LogP contribution is 2.25. The van der Waals surface area contributed by atoms with Crippen molar-refractivity contribution in [3.63, 3.8) is 0 Å². The average molecular weight is 335 g/mol. The van der Waals surface area contributed by atoms with Crippen LogP contribution in [0.4, 0.5) is 4.79 Å². The SMILES string of the molecule is O=C(NCCCNC(=O)C1CCC1)NCc1cn2ccsc2n1. The van der Waals surface area contributed by atoms with Crippen LogP contribution in [0.5, 0.6) is 0 Å². The second kappa shape index (κ2) is 7.45. The van der Waals surface area contributed by atoms with Crippen LogP contribution >= 0.6 is 11.3 Å². The molecule has 0 aromatic carbocycles. The standard InChI is InChI=1S/C15H21N5O2S/c21-13(11-3-1-4-11)16-5-2-6-17-14(22)18-9-12-10-20-7-8-23-15(20)19-12/h7-8,10-11H,1-6,9H2,(H,16,21)(H2,17,18,22). The van der Waals surface area contributed by atoms with Crippen molar-refractivity contribution in [2.45, 2.75) is 32.2 Å². The van der Waals surface area contributed by atoms with Crippen molar-refractivity contribution >= 4 is 28.2 Å². The summed E-state index contributed by atoms with van der Waals surface area (Å²) in [5, 5.41) is 10.4. The molecule has 0 saturated heterocycles. The number of urea groups is 1. The van der Waals surface area contributed by atoms with E-state index in [1.165, 1.54) is 0 Å². The van der Waals surface area contributed by atoms with Crippen molar-refractivity contribution in [3.05, 3.63) is 23.5 Å². The van der Waals surface area contributed by atoms with E-state index in [2.05, 4.69) is 20.9 Å². The molecule has 1 aliphatic rings. The molecule has 1 saturated carbocycles. The number of hydrogen-bond donors (Lipinski definition) is 3. The van der Waals surface area contributed by atoms with Crippen molar-refractivity contribution in [3.8, 4) is 0 Å². The molecule has 8 heteroatoms. The third-order valence-electron chi connectivity index (χ3n) is 3.99. The average Bonchev–Trinajstić information content (AvgIpc) is 3.03. The van der Waals surface area contributed by atoms with Crippen LogP contribution in [-0.2, 0) is 11.3 Å². The Morgan fingerprint density at radius 3 is 2.83 bits per heavy atom. The number of carbonyl (C=O) groups excluding carboxylic acids is 2. The highest BCUT2D eigenvalue weighted by molar-refractivity contribution is 7.15. The van der Waals surface area contributed by atoms with Gasteiger partial charge in [0.2, 0.25) is 5.91 Å². The minimum Gasteiger partial charge on any atom is -0.356 e. The van der Waals surface area contributed by atoms with Crippen LogP contribution in [0.3, 0.4) is 0 Å². The van der Waals surface area contributed by atoms with Gasteiger partial charge in [-0.2, -0.15) is 0 Å². The van der Waals surface area contributed by atoms with Gasteiger partial charge in [0.25, 0.3) is 0 Å². The lowest BCUT2D eigenvalue weighted by Crippen LogP contribution is -2.38. The van der Waals surface area contributed by atoms with Gasteiger partial charge in [-0.1, -0.05) is 6.42 Å². The minimum atomic E-state index is -0.216. The maximum absolute atomic E-state index is 11.7. The zero-order valence-electron chi connectivity index (χ0n) is 12.9. The molecule has 0 unspecified atom stereocenters. The number of amides is 3. The summed E-state index contributed by atoms with van der Waals surface area (Å²) in [6.07, 6.45) is 7.76. The van der Waals surface area contributed by atoms with E-state index in [0.29, 0.717) is 19.6 Å². The normalized spacial score (nSPS) is 14.4. The molecule has 1 aliphatic carbocycles. The van der Waals surface area contributed by atoms with E-state index < -0.39 is 0 Å². The van der Waals surface area contributed by atoms with Gasteiger partial charge in [0.15, 0.2) is 4.96 Å². The minimum absolute atomic E-state index is 0.153. The van der Waals surface area contributed by atoms with E-state index in [-0.39, 0.29) is 17.9 Å². The molecule has 0 aliphatic heterocycles. The van der Waals surface area contributed by atoms with Crippen LogP contribution < -0.4 is 16.0 Å². The van der Waals surface area contributed by atoms with Crippen LogP contribution in [0.2, 0.25) is 0 Å². The smallest absolute Gasteiger partial charge is 0.315 e. The fraction of sp³-hybridized carbons (Fsp3) is 0.533. The second-order valence-corrected chi connectivity index (χ2v) is 6.58. The largest absolute Gasteiger partial charge is 0.356 e. The molecule has 23 heavy (non-hydrogen) atoms. The van der Waals surface area contributed by atoms with Gasteiger partial charge in [-0.05, 0) is 19.3 Å². The number of rotatable bonds is 7. The van der Waals surface area contributed by atoms with Gasteiger partial charge in [-0.3, -0.25) is 9.20 Å². The van der Waals surface area contributed by atoms with Crippen molar-refractivity contribution in [1.82, 2.24) is 25.3 Å². The zero-order valence-corrected chi connectivity index (χ0v) is 13.7. The fourth-order valence-electron chi connectivity index (χ4n) is 2.41. The van der Waals surface area contributed by atoms with E-state index in [9.17, 15) is 9.59 Å². The van der Waals surface area contributed by atoms with Gasteiger partial charge in [-0.25, -0.2) is 9.78 Å². The molecule has 2 aromatic heterocycles. The molecule has 7 nitrogen and oxygen atoms in total. The summed E-state index contributed by atoms with van der Waals surface area (Å²) in [5.41, 5.74) is 0.833. The maximum Gasteiger partial charge on any atom is 0.315 e. The lowest BCUT2D eigenvalue weighted by atomic mass is 9.85. The number of nitrogens with zero attached hydrogens (tertiary/aromatic N) is 2. The maximum atomic E-state index is 11.7. The lowest BCUT2D eigenvalue weighted by molar-refractivity contribution is -0.127. The lowest BCUT2D eigenvalue weighted by Gasteiger charge is -2.23. The number of imidazole rings is 1. The first-order chi connectivity index (χ1) is 11.2. The molecule has 2 heterocycles. The summed E-state index contributed by atoms with van der Waals surface area (Å²) in [7, 11) is 0.